The number of nitrogens with zero attached hydrogens (tertiary/aromatic N) is 4. The van der Waals surface area contributed by atoms with Crippen LogP contribution in [0.4, 0.5) is 0 Å². The average molecular weight is 362 g/mol. The van der Waals surface area contributed by atoms with Gasteiger partial charge in [-0.3, -0.25) is 0 Å². The summed E-state index contributed by atoms with van der Waals surface area (Å²) in [5.41, 5.74) is 6.29. The minimum atomic E-state index is 0.940. The van der Waals surface area contributed by atoms with Crippen molar-refractivity contribution in [1.82, 2.24) is 19.6 Å². The molecule has 4 nitrogen and oxygen atoms in total. The van der Waals surface area contributed by atoms with E-state index in [9.17, 15) is 0 Å². The minimum absolute atomic E-state index is 0.940. The van der Waals surface area contributed by atoms with Crippen LogP contribution in [0.2, 0.25) is 0 Å². The van der Waals surface area contributed by atoms with Crippen LogP contribution in [0.15, 0.2) is 109 Å². The molecule has 0 aliphatic heterocycles. The third kappa shape index (κ3) is 3.01. The van der Waals surface area contributed by atoms with Crippen LogP contribution < -0.4 is 0 Å². The largest absolute Gasteiger partial charge is 0.241 e. The SMILES string of the molecule is c1ccc(-c2cc(-c3ccc(-n4cccn4)cc3)nn2-c2ccccc2)cc1. The van der Waals surface area contributed by atoms with Gasteiger partial charge in [-0.15, -0.1) is 0 Å². The number of aromatic nitrogens is 4. The zero-order valence-corrected chi connectivity index (χ0v) is 15.2. The van der Waals surface area contributed by atoms with Crippen molar-refractivity contribution in [3.63, 3.8) is 0 Å². The van der Waals surface area contributed by atoms with Crippen molar-refractivity contribution >= 4 is 0 Å². The van der Waals surface area contributed by atoms with Crippen molar-refractivity contribution in [2.45, 2.75) is 0 Å². The van der Waals surface area contributed by atoms with Crippen LogP contribution in [0.1, 0.15) is 0 Å². The van der Waals surface area contributed by atoms with Crippen LogP contribution in [-0.4, -0.2) is 19.6 Å². The Morgan fingerprint density at radius 2 is 1.32 bits per heavy atom. The predicted octanol–water partition coefficient (Wildman–Crippen LogP) is 5.39. The van der Waals surface area contributed by atoms with E-state index in [1.54, 1.807) is 6.20 Å². The van der Waals surface area contributed by atoms with Gasteiger partial charge in [0.1, 0.15) is 0 Å². The van der Waals surface area contributed by atoms with Gasteiger partial charge in [0.05, 0.1) is 22.8 Å². The van der Waals surface area contributed by atoms with E-state index >= 15 is 0 Å². The summed E-state index contributed by atoms with van der Waals surface area (Å²) in [4.78, 5) is 0. The van der Waals surface area contributed by atoms with Gasteiger partial charge in [0.15, 0.2) is 0 Å². The molecule has 0 saturated heterocycles. The summed E-state index contributed by atoms with van der Waals surface area (Å²) in [5, 5.41) is 9.20. The van der Waals surface area contributed by atoms with Gasteiger partial charge in [-0.2, -0.15) is 10.2 Å². The van der Waals surface area contributed by atoms with Crippen LogP contribution in [-0.2, 0) is 0 Å². The van der Waals surface area contributed by atoms with E-state index in [1.807, 2.05) is 45.9 Å². The molecule has 0 radical (unpaired) electrons. The van der Waals surface area contributed by atoms with E-state index in [0.717, 1.165) is 33.9 Å². The van der Waals surface area contributed by atoms with Crippen LogP contribution in [0.5, 0.6) is 0 Å². The molecule has 134 valence electrons. The Bertz CT molecular complexity index is 1120. The van der Waals surface area contributed by atoms with E-state index in [0.29, 0.717) is 0 Å². The summed E-state index contributed by atoms with van der Waals surface area (Å²) in [6, 6.07) is 32.9. The maximum absolute atomic E-state index is 4.91. The number of para-hydroxylation sites is 1. The summed E-state index contributed by atoms with van der Waals surface area (Å²) in [5.74, 6) is 0. The molecule has 0 aliphatic carbocycles. The van der Waals surface area contributed by atoms with Crippen LogP contribution in [0, 0.1) is 0 Å². The van der Waals surface area contributed by atoms with Crippen molar-refractivity contribution < 1.29 is 0 Å². The Morgan fingerprint density at radius 1 is 0.607 bits per heavy atom. The fourth-order valence-electron chi connectivity index (χ4n) is 3.31. The van der Waals surface area contributed by atoms with Gasteiger partial charge in [-0.25, -0.2) is 9.36 Å². The normalized spacial score (nSPS) is 10.9. The molecule has 0 aliphatic rings. The molecule has 2 aromatic heterocycles. The molecule has 0 unspecified atom stereocenters. The zero-order chi connectivity index (χ0) is 18.8. The van der Waals surface area contributed by atoms with Gasteiger partial charge in [-0.05, 0) is 36.4 Å². The highest BCUT2D eigenvalue weighted by Gasteiger charge is 2.13. The molecular formula is C24H18N4. The topological polar surface area (TPSA) is 35.6 Å². The molecule has 4 heteroatoms. The van der Waals surface area contributed by atoms with Gasteiger partial charge >= 0.3 is 0 Å². The first kappa shape index (κ1) is 16.3. The number of rotatable bonds is 4. The monoisotopic (exact) mass is 362 g/mol. The highest BCUT2D eigenvalue weighted by atomic mass is 15.3. The lowest BCUT2D eigenvalue weighted by Crippen LogP contribution is -1.98. The Morgan fingerprint density at radius 3 is 2.00 bits per heavy atom. The number of hydrogen-bond donors (Lipinski definition) is 0. The van der Waals surface area contributed by atoms with Crippen molar-refractivity contribution in [1.29, 1.82) is 0 Å². The molecule has 5 rings (SSSR count). The second kappa shape index (κ2) is 7.00. The van der Waals surface area contributed by atoms with Crippen LogP contribution in [0.25, 0.3) is 33.9 Å². The second-order valence-corrected chi connectivity index (χ2v) is 6.53. The molecule has 2 heterocycles. The highest BCUT2D eigenvalue weighted by Crippen LogP contribution is 2.29. The van der Waals surface area contributed by atoms with Crippen LogP contribution >= 0.6 is 0 Å². The maximum atomic E-state index is 4.91. The Hall–Kier alpha value is -3.92. The summed E-state index contributed by atoms with van der Waals surface area (Å²) in [6.45, 7) is 0. The van der Waals surface area contributed by atoms with Crippen LogP contribution in [0.3, 0.4) is 0 Å². The lowest BCUT2D eigenvalue weighted by Gasteiger charge is -2.07. The Kier molecular flexibility index (Phi) is 4.07. The smallest absolute Gasteiger partial charge is 0.0934 e. The van der Waals surface area contributed by atoms with E-state index in [-0.39, 0.29) is 0 Å². The van der Waals surface area contributed by atoms with Gasteiger partial charge in [-0.1, -0.05) is 60.7 Å². The van der Waals surface area contributed by atoms with Gasteiger partial charge in [0.25, 0.3) is 0 Å². The minimum Gasteiger partial charge on any atom is -0.241 e. The van der Waals surface area contributed by atoms with E-state index in [2.05, 4.69) is 71.8 Å². The van der Waals surface area contributed by atoms with Gasteiger partial charge in [0, 0.05) is 23.5 Å². The molecular weight excluding hydrogens is 344 g/mol. The molecule has 0 spiro atoms. The molecule has 3 aromatic carbocycles. The lowest BCUT2D eigenvalue weighted by atomic mass is 10.1. The molecule has 5 aromatic rings. The standard InChI is InChI=1S/C24H18N4/c1-3-8-20(9-4-1)24-18-23(26-28(24)22-10-5-2-6-11-22)19-12-14-21(15-13-19)27-17-7-16-25-27/h1-18H. The molecule has 0 atom stereocenters. The summed E-state index contributed by atoms with van der Waals surface area (Å²) < 4.78 is 3.85. The highest BCUT2D eigenvalue weighted by molar-refractivity contribution is 5.71. The Labute approximate surface area is 163 Å². The molecule has 0 bridgehead atoms. The average Bonchev–Trinajstić information content (AvgIpc) is 3.46. The second-order valence-electron chi connectivity index (χ2n) is 6.53. The fourth-order valence-corrected chi connectivity index (χ4v) is 3.31. The first-order chi connectivity index (χ1) is 13.9. The Balaban J connectivity index is 1.60. The quantitative estimate of drug-likeness (QED) is 0.429. The molecule has 0 fully saturated rings. The van der Waals surface area contributed by atoms with Gasteiger partial charge in [0.2, 0.25) is 0 Å². The first-order valence-electron chi connectivity index (χ1n) is 9.20. The molecule has 0 amide bonds. The van der Waals surface area contributed by atoms with Crippen molar-refractivity contribution in [2.75, 3.05) is 0 Å². The molecule has 0 saturated carbocycles. The molecule has 0 N–H and O–H groups in total. The fraction of sp³-hybridized carbons (Fsp3) is 0. The van der Waals surface area contributed by atoms with Gasteiger partial charge < -0.3 is 0 Å². The van der Waals surface area contributed by atoms with Crippen molar-refractivity contribution in [2.24, 2.45) is 0 Å². The lowest BCUT2D eigenvalue weighted by molar-refractivity contribution is 0.879. The van der Waals surface area contributed by atoms with E-state index < -0.39 is 0 Å². The first-order valence-corrected chi connectivity index (χ1v) is 9.20. The third-order valence-corrected chi connectivity index (χ3v) is 4.71. The van der Waals surface area contributed by atoms with Crippen molar-refractivity contribution in [3.8, 4) is 33.9 Å². The van der Waals surface area contributed by atoms with E-state index in [4.69, 9.17) is 5.10 Å². The summed E-state index contributed by atoms with van der Waals surface area (Å²) >= 11 is 0. The van der Waals surface area contributed by atoms with Crippen molar-refractivity contribution in [3.05, 3.63) is 109 Å². The third-order valence-electron chi connectivity index (χ3n) is 4.71. The number of hydrogen-bond acceptors (Lipinski definition) is 2. The predicted molar refractivity (Wildman–Crippen MR) is 112 cm³/mol. The maximum Gasteiger partial charge on any atom is 0.0934 e. The summed E-state index contributed by atoms with van der Waals surface area (Å²) in [7, 11) is 0. The summed E-state index contributed by atoms with van der Waals surface area (Å²) in [6.07, 6.45) is 3.72. The zero-order valence-electron chi connectivity index (χ0n) is 15.2. The van der Waals surface area contributed by atoms with E-state index in [1.165, 1.54) is 0 Å². The number of benzene rings is 3. The molecule has 28 heavy (non-hydrogen) atoms.